The van der Waals surface area contributed by atoms with E-state index in [9.17, 15) is 0 Å². The summed E-state index contributed by atoms with van der Waals surface area (Å²) in [5, 5.41) is 9.50. The summed E-state index contributed by atoms with van der Waals surface area (Å²) in [4.78, 5) is 0. The van der Waals surface area contributed by atoms with Gasteiger partial charge in [-0.05, 0) is 37.5 Å². The number of hydrogen-bond acceptors (Lipinski definition) is 2. The molecule has 0 N–H and O–H groups in total. The lowest BCUT2D eigenvalue weighted by Gasteiger charge is -2.04. The molecule has 0 spiro atoms. The fourth-order valence-electron chi connectivity index (χ4n) is 1.63. The number of hydrogen-bond donors (Lipinski definition) is 0. The molecule has 17 heavy (non-hydrogen) atoms. The summed E-state index contributed by atoms with van der Waals surface area (Å²) in [7, 11) is 0. The SMILES string of the molecule is CCn1cc(CCc2c(Cl)cccc2Cl)nn1. The van der Waals surface area contributed by atoms with Crippen LogP contribution in [0.3, 0.4) is 0 Å². The van der Waals surface area contributed by atoms with Crippen LogP contribution in [-0.2, 0) is 19.4 Å². The minimum atomic E-state index is 0.709. The molecule has 0 aliphatic carbocycles. The molecular weight excluding hydrogens is 257 g/mol. The van der Waals surface area contributed by atoms with E-state index in [-0.39, 0.29) is 0 Å². The van der Waals surface area contributed by atoms with E-state index in [2.05, 4.69) is 10.3 Å². The highest BCUT2D eigenvalue weighted by atomic mass is 35.5. The van der Waals surface area contributed by atoms with Crippen molar-refractivity contribution in [3.8, 4) is 0 Å². The molecule has 1 aromatic heterocycles. The van der Waals surface area contributed by atoms with E-state index in [1.165, 1.54) is 0 Å². The molecule has 0 unspecified atom stereocenters. The third kappa shape index (κ3) is 2.99. The minimum absolute atomic E-state index is 0.709. The summed E-state index contributed by atoms with van der Waals surface area (Å²) in [6, 6.07) is 5.55. The van der Waals surface area contributed by atoms with Crippen LogP contribution in [0.1, 0.15) is 18.2 Å². The quantitative estimate of drug-likeness (QED) is 0.852. The monoisotopic (exact) mass is 269 g/mol. The standard InChI is InChI=1S/C12H13Cl2N3/c1-2-17-8-9(15-16-17)6-7-10-11(13)4-3-5-12(10)14/h3-5,8H,2,6-7H2,1H3. The van der Waals surface area contributed by atoms with Gasteiger partial charge in [0.15, 0.2) is 0 Å². The molecule has 2 aromatic rings. The third-order valence-electron chi connectivity index (χ3n) is 2.60. The first-order valence-electron chi connectivity index (χ1n) is 5.52. The number of rotatable bonds is 4. The van der Waals surface area contributed by atoms with E-state index in [0.29, 0.717) is 10.0 Å². The van der Waals surface area contributed by atoms with Gasteiger partial charge in [-0.2, -0.15) is 0 Å². The first-order valence-corrected chi connectivity index (χ1v) is 6.28. The Morgan fingerprint density at radius 2 is 1.88 bits per heavy atom. The van der Waals surface area contributed by atoms with Crippen molar-refractivity contribution < 1.29 is 0 Å². The maximum atomic E-state index is 6.10. The van der Waals surface area contributed by atoms with E-state index in [0.717, 1.165) is 30.6 Å². The Morgan fingerprint density at radius 3 is 2.47 bits per heavy atom. The molecule has 0 saturated heterocycles. The van der Waals surface area contributed by atoms with Crippen molar-refractivity contribution in [1.29, 1.82) is 0 Å². The predicted molar refractivity (Wildman–Crippen MR) is 69.6 cm³/mol. The van der Waals surface area contributed by atoms with Crippen LogP contribution in [0.2, 0.25) is 10.0 Å². The average molecular weight is 270 g/mol. The highest BCUT2D eigenvalue weighted by molar-refractivity contribution is 6.35. The van der Waals surface area contributed by atoms with Crippen molar-refractivity contribution >= 4 is 23.2 Å². The Morgan fingerprint density at radius 1 is 1.18 bits per heavy atom. The molecule has 0 radical (unpaired) electrons. The van der Waals surface area contributed by atoms with Gasteiger partial charge in [-0.1, -0.05) is 34.5 Å². The number of aromatic nitrogens is 3. The average Bonchev–Trinajstić information content (AvgIpc) is 2.76. The molecule has 2 rings (SSSR count). The maximum Gasteiger partial charge on any atom is 0.0830 e. The zero-order valence-electron chi connectivity index (χ0n) is 9.53. The molecule has 1 aromatic carbocycles. The Labute approximate surface area is 110 Å². The van der Waals surface area contributed by atoms with Crippen LogP contribution < -0.4 is 0 Å². The lowest BCUT2D eigenvalue weighted by molar-refractivity contribution is 0.626. The van der Waals surface area contributed by atoms with E-state index >= 15 is 0 Å². The van der Waals surface area contributed by atoms with Crippen LogP contribution in [0.25, 0.3) is 0 Å². The van der Waals surface area contributed by atoms with Gasteiger partial charge in [-0.3, -0.25) is 4.68 Å². The van der Waals surface area contributed by atoms with Crippen LogP contribution >= 0.6 is 23.2 Å². The van der Waals surface area contributed by atoms with Crippen LogP contribution in [-0.4, -0.2) is 15.0 Å². The van der Waals surface area contributed by atoms with Gasteiger partial charge in [-0.15, -0.1) is 5.10 Å². The number of halogens is 2. The second-order valence-electron chi connectivity index (χ2n) is 3.77. The molecule has 1 heterocycles. The molecule has 0 aliphatic heterocycles. The van der Waals surface area contributed by atoms with Crippen LogP contribution in [0.5, 0.6) is 0 Å². The second-order valence-corrected chi connectivity index (χ2v) is 4.58. The molecule has 0 saturated carbocycles. The van der Waals surface area contributed by atoms with Crippen molar-refractivity contribution in [3.63, 3.8) is 0 Å². The van der Waals surface area contributed by atoms with Gasteiger partial charge >= 0.3 is 0 Å². The Balaban J connectivity index is 2.07. The van der Waals surface area contributed by atoms with Gasteiger partial charge in [0.1, 0.15) is 0 Å². The Hall–Kier alpha value is -1.06. The van der Waals surface area contributed by atoms with E-state index in [4.69, 9.17) is 23.2 Å². The normalized spacial score (nSPS) is 10.8. The zero-order chi connectivity index (χ0) is 12.3. The van der Waals surface area contributed by atoms with E-state index in [1.807, 2.05) is 36.0 Å². The highest BCUT2D eigenvalue weighted by Crippen LogP contribution is 2.25. The van der Waals surface area contributed by atoms with Crippen molar-refractivity contribution in [2.45, 2.75) is 26.3 Å². The van der Waals surface area contributed by atoms with Gasteiger partial charge in [0.05, 0.1) is 5.69 Å². The second kappa shape index (κ2) is 5.52. The maximum absolute atomic E-state index is 6.10. The molecule has 0 aliphatic rings. The summed E-state index contributed by atoms with van der Waals surface area (Å²) < 4.78 is 1.81. The molecule has 0 fully saturated rings. The third-order valence-corrected chi connectivity index (χ3v) is 3.31. The van der Waals surface area contributed by atoms with E-state index in [1.54, 1.807) is 0 Å². The fourth-order valence-corrected chi connectivity index (χ4v) is 2.22. The summed E-state index contributed by atoms with van der Waals surface area (Å²) in [5.74, 6) is 0. The number of aryl methyl sites for hydroxylation is 2. The predicted octanol–water partition coefficient (Wildman–Crippen LogP) is 3.39. The minimum Gasteiger partial charge on any atom is -0.253 e. The largest absolute Gasteiger partial charge is 0.253 e. The molecule has 90 valence electrons. The lowest BCUT2D eigenvalue weighted by Crippen LogP contribution is -1.94. The van der Waals surface area contributed by atoms with Gasteiger partial charge in [0.25, 0.3) is 0 Å². The Kier molecular flexibility index (Phi) is 4.02. The number of nitrogens with zero attached hydrogens (tertiary/aromatic N) is 3. The van der Waals surface area contributed by atoms with Crippen LogP contribution in [0, 0.1) is 0 Å². The van der Waals surface area contributed by atoms with Crippen molar-refractivity contribution in [2.24, 2.45) is 0 Å². The smallest absolute Gasteiger partial charge is 0.0830 e. The van der Waals surface area contributed by atoms with Crippen LogP contribution in [0.4, 0.5) is 0 Å². The molecule has 3 nitrogen and oxygen atoms in total. The van der Waals surface area contributed by atoms with Gasteiger partial charge in [-0.25, -0.2) is 0 Å². The highest BCUT2D eigenvalue weighted by Gasteiger charge is 2.07. The van der Waals surface area contributed by atoms with Crippen molar-refractivity contribution in [3.05, 3.63) is 45.7 Å². The topological polar surface area (TPSA) is 30.7 Å². The zero-order valence-corrected chi connectivity index (χ0v) is 11.0. The summed E-state index contributed by atoms with van der Waals surface area (Å²) in [6.07, 6.45) is 3.52. The lowest BCUT2D eigenvalue weighted by atomic mass is 10.1. The molecular formula is C12H13Cl2N3. The van der Waals surface area contributed by atoms with Crippen molar-refractivity contribution in [1.82, 2.24) is 15.0 Å². The first-order chi connectivity index (χ1) is 8.20. The molecule has 0 atom stereocenters. The summed E-state index contributed by atoms with van der Waals surface area (Å²) >= 11 is 12.2. The van der Waals surface area contributed by atoms with Crippen molar-refractivity contribution in [2.75, 3.05) is 0 Å². The summed E-state index contributed by atoms with van der Waals surface area (Å²) in [5.41, 5.74) is 1.93. The molecule has 0 bridgehead atoms. The van der Waals surface area contributed by atoms with Gasteiger partial charge < -0.3 is 0 Å². The van der Waals surface area contributed by atoms with E-state index < -0.39 is 0 Å². The van der Waals surface area contributed by atoms with Gasteiger partial charge in [0.2, 0.25) is 0 Å². The first kappa shape index (κ1) is 12.4. The Bertz CT molecular complexity index is 488. The van der Waals surface area contributed by atoms with Crippen LogP contribution in [0.15, 0.2) is 24.4 Å². The van der Waals surface area contributed by atoms with Gasteiger partial charge in [0, 0.05) is 22.8 Å². The molecule has 5 heteroatoms. The number of benzene rings is 1. The molecule has 0 amide bonds. The summed E-state index contributed by atoms with van der Waals surface area (Å²) in [6.45, 7) is 2.86. The fraction of sp³-hybridized carbons (Fsp3) is 0.333.